The van der Waals surface area contributed by atoms with Gasteiger partial charge in [0.05, 0.1) is 33.0 Å². The van der Waals surface area contributed by atoms with Crippen LogP contribution in [0.3, 0.4) is 0 Å². The van der Waals surface area contributed by atoms with E-state index in [0.29, 0.717) is 35.3 Å². The average molecular weight is 437 g/mol. The van der Waals surface area contributed by atoms with Crippen molar-refractivity contribution in [1.29, 1.82) is 0 Å². The monoisotopic (exact) mass is 437 g/mol. The summed E-state index contributed by atoms with van der Waals surface area (Å²) in [5.41, 5.74) is 0.675. The Labute approximate surface area is 180 Å². The van der Waals surface area contributed by atoms with E-state index < -0.39 is 5.92 Å². The first-order chi connectivity index (χ1) is 15.0. The van der Waals surface area contributed by atoms with Crippen molar-refractivity contribution >= 4 is 22.7 Å². The highest BCUT2D eigenvalue weighted by atomic mass is 19.3. The second-order valence-electron chi connectivity index (χ2n) is 7.82. The Morgan fingerprint density at radius 2 is 1.71 bits per heavy atom. The second kappa shape index (κ2) is 9.35. The Morgan fingerprint density at radius 1 is 1.03 bits per heavy atom. The van der Waals surface area contributed by atoms with E-state index in [1.807, 2.05) is 11.0 Å². The second-order valence-corrected chi connectivity index (χ2v) is 7.82. The number of nitrogens with zero attached hydrogens (tertiary/aromatic N) is 4. The third-order valence-corrected chi connectivity index (χ3v) is 5.79. The summed E-state index contributed by atoms with van der Waals surface area (Å²) in [6.07, 6.45) is -0.389. The molecular formula is C21H29F2N5O3. The highest BCUT2D eigenvalue weighted by Crippen LogP contribution is 2.36. The van der Waals surface area contributed by atoms with E-state index in [-0.39, 0.29) is 25.9 Å². The molecule has 0 bridgehead atoms. The van der Waals surface area contributed by atoms with E-state index in [1.165, 1.54) is 0 Å². The number of hydrogen-bond acceptors (Lipinski definition) is 8. The molecule has 170 valence electrons. The molecule has 4 rings (SSSR count). The number of aromatic nitrogens is 2. The summed E-state index contributed by atoms with van der Waals surface area (Å²) < 4.78 is 43.5. The highest BCUT2D eigenvalue weighted by molar-refractivity contribution is 5.92. The van der Waals surface area contributed by atoms with Gasteiger partial charge >= 0.3 is 0 Å². The number of rotatable bonds is 7. The quantitative estimate of drug-likeness (QED) is 0.709. The Balaban J connectivity index is 1.61. The fraction of sp³-hybridized carbons (Fsp3) is 0.619. The first-order valence-corrected chi connectivity index (χ1v) is 10.6. The lowest BCUT2D eigenvalue weighted by Gasteiger charge is -2.32. The number of nitrogens with one attached hydrogen (secondary N) is 1. The van der Waals surface area contributed by atoms with E-state index in [1.54, 1.807) is 20.3 Å². The Kier molecular flexibility index (Phi) is 6.57. The predicted molar refractivity (Wildman–Crippen MR) is 115 cm³/mol. The molecule has 10 heteroatoms. The zero-order valence-corrected chi connectivity index (χ0v) is 18.0. The van der Waals surface area contributed by atoms with Gasteiger partial charge in [0.15, 0.2) is 11.5 Å². The van der Waals surface area contributed by atoms with Crippen molar-refractivity contribution in [3.05, 3.63) is 12.1 Å². The van der Waals surface area contributed by atoms with Gasteiger partial charge in [-0.25, -0.2) is 13.8 Å². The fourth-order valence-electron chi connectivity index (χ4n) is 3.91. The highest BCUT2D eigenvalue weighted by Gasteiger charge is 2.35. The van der Waals surface area contributed by atoms with Gasteiger partial charge in [-0.3, -0.25) is 4.90 Å². The number of anilines is 2. The minimum absolute atomic E-state index is 0.194. The topological polar surface area (TPSA) is 72.0 Å². The zero-order chi connectivity index (χ0) is 21.8. The molecule has 2 aliphatic heterocycles. The van der Waals surface area contributed by atoms with Crippen LogP contribution in [0.2, 0.25) is 0 Å². The van der Waals surface area contributed by atoms with Crippen LogP contribution in [0.5, 0.6) is 11.5 Å². The number of halogens is 2. The molecule has 1 aromatic carbocycles. The molecule has 0 unspecified atom stereocenters. The van der Waals surface area contributed by atoms with Gasteiger partial charge in [-0.2, -0.15) is 4.98 Å². The summed E-state index contributed by atoms with van der Waals surface area (Å²) in [5.74, 6) is -0.372. The number of alkyl halides is 2. The van der Waals surface area contributed by atoms with Crippen LogP contribution in [0.25, 0.3) is 10.9 Å². The summed E-state index contributed by atoms with van der Waals surface area (Å²) in [6, 6.07) is 3.64. The lowest BCUT2D eigenvalue weighted by Crippen LogP contribution is -2.40. The van der Waals surface area contributed by atoms with Crippen molar-refractivity contribution in [3.63, 3.8) is 0 Å². The summed E-state index contributed by atoms with van der Waals surface area (Å²) in [6.45, 7) is 5.30. The summed E-state index contributed by atoms with van der Waals surface area (Å²) in [5, 5.41) is 4.21. The molecule has 3 heterocycles. The number of methoxy groups -OCH3 is 2. The van der Waals surface area contributed by atoms with Gasteiger partial charge in [0.25, 0.3) is 5.92 Å². The van der Waals surface area contributed by atoms with Crippen molar-refractivity contribution in [1.82, 2.24) is 14.9 Å². The molecule has 0 amide bonds. The number of benzene rings is 1. The van der Waals surface area contributed by atoms with Crippen LogP contribution in [-0.4, -0.2) is 87.5 Å². The summed E-state index contributed by atoms with van der Waals surface area (Å²) in [4.78, 5) is 13.5. The van der Waals surface area contributed by atoms with Crippen molar-refractivity contribution in [2.24, 2.45) is 0 Å². The molecule has 0 aliphatic carbocycles. The maximum atomic E-state index is 13.6. The van der Waals surface area contributed by atoms with Crippen LogP contribution in [0.1, 0.15) is 12.8 Å². The van der Waals surface area contributed by atoms with Crippen LogP contribution in [0.15, 0.2) is 12.1 Å². The molecule has 2 saturated heterocycles. The molecule has 8 nitrogen and oxygen atoms in total. The molecule has 1 N–H and O–H groups in total. The summed E-state index contributed by atoms with van der Waals surface area (Å²) >= 11 is 0. The zero-order valence-electron chi connectivity index (χ0n) is 18.0. The van der Waals surface area contributed by atoms with Crippen molar-refractivity contribution in [3.8, 4) is 11.5 Å². The summed E-state index contributed by atoms with van der Waals surface area (Å²) in [7, 11) is 3.15. The standard InChI is InChI=1S/C21H29F2N5O3/c1-29-17-13-15-16(14-18(17)30-2)25-20(28-6-3-21(22,23)4-7-28)26-19(15)24-5-8-27-9-11-31-12-10-27/h13-14H,3-12H2,1-2H3,(H,24,25,26). The molecule has 0 radical (unpaired) electrons. The van der Waals surface area contributed by atoms with Crippen LogP contribution >= 0.6 is 0 Å². The maximum absolute atomic E-state index is 13.6. The number of fused-ring (bicyclic) bond motifs is 1. The Morgan fingerprint density at radius 3 is 2.39 bits per heavy atom. The molecule has 0 saturated carbocycles. The van der Waals surface area contributed by atoms with Gasteiger partial charge in [-0.1, -0.05) is 0 Å². The first-order valence-electron chi connectivity index (χ1n) is 10.6. The van der Waals surface area contributed by atoms with Gasteiger partial charge in [0, 0.05) is 63.6 Å². The first kappa shape index (κ1) is 21.8. The van der Waals surface area contributed by atoms with Gasteiger partial charge in [0.2, 0.25) is 5.95 Å². The van der Waals surface area contributed by atoms with Crippen LogP contribution in [0, 0.1) is 0 Å². The SMILES string of the molecule is COc1cc2nc(N3CCC(F)(F)CC3)nc(NCCN3CCOCC3)c2cc1OC. The fourth-order valence-corrected chi connectivity index (χ4v) is 3.91. The molecule has 0 atom stereocenters. The number of hydrogen-bond donors (Lipinski definition) is 1. The third kappa shape index (κ3) is 5.07. The van der Waals surface area contributed by atoms with Crippen LogP contribution < -0.4 is 19.7 Å². The van der Waals surface area contributed by atoms with Crippen molar-refractivity contribution in [2.45, 2.75) is 18.8 Å². The predicted octanol–water partition coefficient (Wildman–Crippen LogP) is 2.63. The van der Waals surface area contributed by atoms with E-state index in [4.69, 9.17) is 19.2 Å². The van der Waals surface area contributed by atoms with Gasteiger partial charge in [-0.15, -0.1) is 0 Å². The lowest BCUT2D eigenvalue weighted by atomic mass is 10.1. The maximum Gasteiger partial charge on any atom is 0.251 e. The van der Waals surface area contributed by atoms with E-state index in [0.717, 1.165) is 38.2 Å². The van der Waals surface area contributed by atoms with Crippen LogP contribution in [0.4, 0.5) is 20.5 Å². The van der Waals surface area contributed by atoms with E-state index in [2.05, 4.69) is 15.2 Å². The minimum atomic E-state index is -2.62. The largest absolute Gasteiger partial charge is 0.493 e. The van der Waals surface area contributed by atoms with Crippen molar-refractivity contribution < 1.29 is 23.0 Å². The van der Waals surface area contributed by atoms with Gasteiger partial charge in [-0.05, 0) is 6.07 Å². The molecular weight excluding hydrogens is 408 g/mol. The number of ether oxygens (including phenoxy) is 3. The molecule has 2 aromatic rings. The normalized spacial score (nSPS) is 19.4. The molecule has 2 aliphatic rings. The van der Waals surface area contributed by atoms with E-state index in [9.17, 15) is 8.78 Å². The molecule has 1 aromatic heterocycles. The Bertz CT molecular complexity index is 898. The lowest BCUT2D eigenvalue weighted by molar-refractivity contribution is -0.0222. The van der Waals surface area contributed by atoms with Gasteiger partial charge in [0.1, 0.15) is 5.82 Å². The molecule has 31 heavy (non-hydrogen) atoms. The van der Waals surface area contributed by atoms with Gasteiger partial charge < -0.3 is 24.4 Å². The van der Waals surface area contributed by atoms with Crippen LogP contribution in [-0.2, 0) is 4.74 Å². The smallest absolute Gasteiger partial charge is 0.251 e. The molecule has 2 fully saturated rings. The average Bonchev–Trinajstić information content (AvgIpc) is 2.78. The van der Waals surface area contributed by atoms with Crippen molar-refractivity contribution in [2.75, 3.05) is 76.9 Å². The third-order valence-electron chi connectivity index (χ3n) is 5.79. The Hall–Kier alpha value is -2.46. The number of morpholine rings is 1. The minimum Gasteiger partial charge on any atom is -0.493 e. The number of piperidine rings is 1. The molecule has 0 spiro atoms. The van der Waals surface area contributed by atoms with E-state index >= 15 is 0 Å².